The standard InChI is InChI=1S/C18H34O2S3/c1-5-6-7-8-9-10-11-15-17(21-3)18(22-4)16(23-15)12-13-20-14(2)19/h15-18H,5-13H2,1-4H3. The van der Waals surface area contributed by atoms with Crippen LogP contribution in [-0.2, 0) is 9.53 Å². The summed E-state index contributed by atoms with van der Waals surface area (Å²) in [4.78, 5) is 11.0. The minimum Gasteiger partial charge on any atom is -0.466 e. The van der Waals surface area contributed by atoms with Gasteiger partial charge in [-0.3, -0.25) is 4.79 Å². The number of esters is 1. The molecule has 136 valence electrons. The third-order valence-electron chi connectivity index (χ3n) is 4.50. The van der Waals surface area contributed by atoms with E-state index < -0.39 is 0 Å². The first-order valence-corrected chi connectivity index (χ1v) is 12.5. The van der Waals surface area contributed by atoms with Crippen LogP contribution < -0.4 is 0 Å². The Bertz CT molecular complexity index is 325. The maximum absolute atomic E-state index is 11.0. The lowest BCUT2D eigenvalue weighted by Gasteiger charge is -2.22. The van der Waals surface area contributed by atoms with Gasteiger partial charge < -0.3 is 4.74 Å². The lowest BCUT2D eigenvalue weighted by Crippen LogP contribution is -2.28. The van der Waals surface area contributed by atoms with Gasteiger partial charge in [-0.25, -0.2) is 0 Å². The lowest BCUT2D eigenvalue weighted by molar-refractivity contribution is -0.141. The Labute approximate surface area is 156 Å². The van der Waals surface area contributed by atoms with Crippen LogP contribution in [0.3, 0.4) is 0 Å². The van der Waals surface area contributed by atoms with E-state index in [-0.39, 0.29) is 5.97 Å². The van der Waals surface area contributed by atoms with Crippen LogP contribution in [0.2, 0.25) is 0 Å². The molecule has 4 atom stereocenters. The summed E-state index contributed by atoms with van der Waals surface area (Å²) in [6.45, 7) is 4.35. The van der Waals surface area contributed by atoms with E-state index in [1.54, 1.807) is 0 Å². The van der Waals surface area contributed by atoms with Crippen LogP contribution in [0.4, 0.5) is 0 Å². The van der Waals surface area contributed by atoms with Gasteiger partial charge in [0.2, 0.25) is 0 Å². The van der Waals surface area contributed by atoms with Crippen LogP contribution in [0.15, 0.2) is 0 Å². The number of hydrogen-bond donors (Lipinski definition) is 0. The number of carbonyl (C=O) groups is 1. The number of ether oxygens (including phenoxy) is 1. The van der Waals surface area contributed by atoms with Gasteiger partial charge in [-0.1, -0.05) is 45.4 Å². The van der Waals surface area contributed by atoms with Gasteiger partial charge in [0.05, 0.1) is 6.61 Å². The SMILES string of the molecule is CCCCCCCCC1SC(CCOC(C)=O)C(SC)C1SC. The molecule has 1 aliphatic heterocycles. The van der Waals surface area contributed by atoms with Gasteiger partial charge in [-0.05, 0) is 25.4 Å². The van der Waals surface area contributed by atoms with E-state index in [0.29, 0.717) is 17.1 Å². The average molecular weight is 379 g/mol. The van der Waals surface area contributed by atoms with Crippen LogP contribution in [0.1, 0.15) is 65.2 Å². The normalized spacial score (nSPS) is 27.3. The Kier molecular flexibility index (Phi) is 12.0. The van der Waals surface area contributed by atoms with E-state index in [1.807, 2.05) is 23.5 Å². The summed E-state index contributed by atoms with van der Waals surface area (Å²) in [5, 5.41) is 2.84. The quantitative estimate of drug-likeness (QED) is 0.323. The molecule has 23 heavy (non-hydrogen) atoms. The maximum Gasteiger partial charge on any atom is 0.302 e. The molecule has 0 saturated carbocycles. The third-order valence-corrected chi connectivity index (χ3v) is 9.11. The molecule has 1 fully saturated rings. The molecule has 0 aromatic heterocycles. The highest BCUT2D eigenvalue weighted by Crippen LogP contribution is 2.48. The second kappa shape index (κ2) is 12.8. The summed E-state index contributed by atoms with van der Waals surface area (Å²) in [6, 6.07) is 0. The summed E-state index contributed by atoms with van der Waals surface area (Å²) in [7, 11) is 0. The molecule has 5 heteroatoms. The molecule has 0 aromatic carbocycles. The lowest BCUT2D eigenvalue weighted by atomic mass is 10.0. The summed E-state index contributed by atoms with van der Waals surface area (Å²) in [5.41, 5.74) is 0. The summed E-state index contributed by atoms with van der Waals surface area (Å²) in [5.74, 6) is -0.154. The topological polar surface area (TPSA) is 26.3 Å². The van der Waals surface area contributed by atoms with E-state index >= 15 is 0 Å². The predicted octanol–water partition coefficient (Wildman–Crippen LogP) is 5.64. The molecule has 0 N–H and O–H groups in total. The molecule has 1 rings (SSSR count). The molecule has 0 aliphatic carbocycles. The van der Waals surface area contributed by atoms with Crippen LogP contribution in [0.25, 0.3) is 0 Å². The highest BCUT2D eigenvalue weighted by atomic mass is 32.2. The molecule has 1 saturated heterocycles. The minimum absolute atomic E-state index is 0.154. The van der Waals surface area contributed by atoms with E-state index in [0.717, 1.165) is 16.9 Å². The Morgan fingerprint density at radius 2 is 1.52 bits per heavy atom. The minimum atomic E-state index is -0.154. The molecule has 1 heterocycles. The second-order valence-corrected chi connectivity index (χ2v) is 9.81. The number of carbonyl (C=O) groups excluding carboxylic acids is 1. The average Bonchev–Trinajstić information content (AvgIpc) is 2.87. The van der Waals surface area contributed by atoms with E-state index in [1.165, 1.54) is 51.9 Å². The smallest absolute Gasteiger partial charge is 0.302 e. The van der Waals surface area contributed by atoms with Crippen molar-refractivity contribution in [3.8, 4) is 0 Å². The van der Waals surface area contributed by atoms with Crippen molar-refractivity contribution < 1.29 is 9.53 Å². The van der Waals surface area contributed by atoms with Gasteiger partial charge in [0.1, 0.15) is 0 Å². The van der Waals surface area contributed by atoms with Crippen LogP contribution in [0, 0.1) is 0 Å². The zero-order valence-corrected chi connectivity index (χ0v) is 17.7. The zero-order chi connectivity index (χ0) is 17.1. The fourth-order valence-corrected chi connectivity index (χ4v) is 8.63. The Morgan fingerprint density at radius 1 is 0.957 bits per heavy atom. The summed E-state index contributed by atoms with van der Waals surface area (Å²) < 4.78 is 5.17. The first kappa shape index (κ1) is 21.6. The molecular formula is C18H34O2S3. The molecule has 4 unspecified atom stereocenters. The Morgan fingerprint density at radius 3 is 2.09 bits per heavy atom. The third kappa shape index (κ3) is 7.96. The molecule has 0 radical (unpaired) electrons. The number of thioether (sulfide) groups is 3. The number of unbranched alkanes of at least 4 members (excludes halogenated alkanes) is 5. The zero-order valence-electron chi connectivity index (χ0n) is 15.2. The van der Waals surface area contributed by atoms with Crippen molar-refractivity contribution in [1.82, 2.24) is 0 Å². The second-order valence-electron chi connectivity index (χ2n) is 6.30. The van der Waals surface area contributed by atoms with Crippen LogP contribution in [-0.4, -0.2) is 46.1 Å². The first-order chi connectivity index (χ1) is 11.1. The fourth-order valence-electron chi connectivity index (χ4n) is 3.28. The molecule has 0 aromatic rings. The van der Waals surface area contributed by atoms with Gasteiger partial charge >= 0.3 is 5.97 Å². The van der Waals surface area contributed by atoms with Crippen molar-refractivity contribution in [2.75, 3.05) is 19.1 Å². The van der Waals surface area contributed by atoms with Crippen molar-refractivity contribution in [2.24, 2.45) is 0 Å². The van der Waals surface area contributed by atoms with Crippen LogP contribution >= 0.6 is 35.3 Å². The highest BCUT2D eigenvalue weighted by molar-refractivity contribution is 8.08. The van der Waals surface area contributed by atoms with Crippen molar-refractivity contribution in [3.63, 3.8) is 0 Å². The predicted molar refractivity (Wildman–Crippen MR) is 109 cm³/mol. The monoisotopic (exact) mass is 378 g/mol. The van der Waals surface area contributed by atoms with Gasteiger partial charge in [-0.2, -0.15) is 35.3 Å². The molecule has 1 aliphatic rings. The van der Waals surface area contributed by atoms with Gasteiger partial charge in [-0.15, -0.1) is 0 Å². The van der Waals surface area contributed by atoms with Gasteiger partial charge in [0.15, 0.2) is 0 Å². The first-order valence-electron chi connectivity index (χ1n) is 8.98. The molecule has 0 spiro atoms. The largest absolute Gasteiger partial charge is 0.466 e. The van der Waals surface area contributed by atoms with E-state index in [9.17, 15) is 4.79 Å². The van der Waals surface area contributed by atoms with E-state index in [2.05, 4.69) is 31.2 Å². The van der Waals surface area contributed by atoms with Gasteiger partial charge in [0, 0.05) is 27.9 Å². The molecule has 2 nitrogen and oxygen atoms in total. The maximum atomic E-state index is 11.0. The van der Waals surface area contributed by atoms with Crippen molar-refractivity contribution in [2.45, 2.75) is 86.2 Å². The molecule has 0 amide bonds. The van der Waals surface area contributed by atoms with Crippen LogP contribution in [0.5, 0.6) is 0 Å². The molecular weight excluding hydrogens is 344 g/mol. The summed E-state index contributed by atoms with van der Waals surface area (Å²) >= 11 is 6.21. The fraction of sp³-hybridized carbons (Fsp3) is 0.944. The molecule has 0 bridgehead atoms. The van der Waals surface area contributed by atoms with Gasteiger partial charge in [0.25, 0.3) is 0 Å². The Hall–Kier alpha value is 0.520. The van der Waals surface area contributed by atoms with Crippen molar-refractivity contribution >= 4 is 41.3 Å². The van der Waals surface area contributed by atoms with Crippen molar-refractivity contribution in [1.29, 1.82) is 0 Å². The highest BCUT2D eigenvalue weighted by Gasteiger charge is 2.42. The summed E-state index contributed by atoms with van der Waals surface area (Å²) in [6.07, 6.45) is 15.1. The van der Waals surface area contributed by atoms with Crippen molar-refractivity contribution in [3.05, 3.63) is 0 Å². The van der Waals surface area contributed by atoms with E-state index in [4.69, 9.17) is 4.74 Å². The Balaban J connectivity index is 2.37. The number of hydrogen-bond acceptors (Lipinski definition) is 5. The number of rotatable bonds is 12.